The minimum Gasteiger partial charge on any atom is -0.465 e. The Balaban J connectivity index is 1.53. The third-order valence-corrected chi connectivity index (χ3v) is 8.00. The number of nitrogens with zero attached hydrogens (tertiary/aromatic N) is 2. The van der Waals surface area contributed by atoms with Gasteiger partial charge < -0.3 is 29.1 Å². The Morgan fingerprint density at radius 1 is 1.05 bits per heavy atom. The predicted octanol–water partition coefficient (Wildman–Crippen LogP) is 3.70. The summed E-state index contributed by atoms with van der Waals surface area (Å²) in [5.41, 5.74) is 1.45. The number of esters is 1. The number of likely N-dealkylation sites (tertiary alicyclic amines) is 2. The van der Waals surface area contributed by atoms with E-state index in [1.54, 1.807) is 12.1 Å². The number of carbonyl (C=O) groups is 2. The number of methoxy groups -OCH3 is 1. The van der Waals surface area contributed by atoms with Gasteiger partial charge in [0, 0.05) is 44.2 Å². The molecule has 0 spiro atoms. The van der Waals surface area contributed by atoms with Gasteiger partial charge in [-0.1, -0.05) is 18.6 Å². The van der Waals surface area contributed by atoms with Crippen molar-refractivity contribution in [2.24, 2.45) is 5.92 Å². The number of amides is 1. The fourth-order valence-corrected chi connectivity index (χ4v) is 5.97. The number of allylic oxidation sites excluding steroid dienone is 1. The number of piperidine rings is 2. The molecular weight excluding hydrogens is 472 g/mol. The molecule has 3 atom stereocenters. The van der Waals surface area contributed by atoms with Gasteiger partial charge >= 0.3 is 5.97 Å². The lowest BCUT2D eigenvalue weighted by atomic mass is 9.80. The van der Waals surface area contributed by atoms with Crippen LogP contribution in [0.2, 0.25) is 0 Å². The van der Waals surface area contributed by atoms with E-state index in [0.29, 0.717) is 36.8 Å². The van der Waals surface area contributed by atoms with E-state index >= 15 is 0 Å². The Morgan fingerprint density at radius 2 is 1.76 bits per heavy atom. The number of hydrogen-bond donors (Lipinski definition) is 1. The predicted molar refractivity (Wildman–Crippen MR) is 140 cm³/mol. The van der Waals surface area contributed by atoms with Gasteiger partial charge in [0.1, 0.15) is 0 Å². The molecule has 0 aliphatic carbocycles. The molecule has 1 aromatic rings. The Kier molecular flexibility index (Phi) is 10.00. The lowest BCUT2D eigenvalue weighted by Gasteiger charge is -2.41. The molecule has 1 amide bonds. The lowest BCUT2D eigenvalue weighted by Crippen LogP contribution is -2.49. The maximum atomic E-state index is 13.6. The second-order valence-electron chi connectivity index (χ2n) is 10.3. The molecule has 3 aliphatic rings. The van der Waals surface area contributed by atoms with Crippen LogP contribution in [-0.2, 0) is 19.0 Å². The van der Waals surface area contributed by atoms with Crippen molar-refractivity contribution in [3.05, 3.63) is 47.2 Å². The van der Waals surface area contributed by atoms with E-state index in [1.165, 1.54) is 39.5 Å². The van der Waals surface area contributed by atoms with Crippen molar-refractivity contribution in [1.29, 1.82) is 0 Å². The zero-order chi connectivity index (χ0) is 26.2. The van der Waals surface area contributed by atoms with Crippen LogP contribution in [0.1, 0.15) is 73.7 Å². The molecule has 0 unspecified atom stereocenters. The highest BCUT2D eigenvalue weighted by molar-refractivity contribution is 5.92. The van der Waals surface area contributed by atoms with E-state index in [0.717, 1.165) is 31.5 Å². The first kappa shape index (κ1) is 27.6. The van der Waals surface area contributed by atoms with Crippen LogP contribution in [0.5, 0.6) is 0 Å². The number of ether oxygens (including phenoxy) is 3. The molecule has 204 valence electrons. The zero-order valence-electron chi connectivity index (χ0n) is 22.3. The zero-order valence-corrected chi connectivity index (χ0v) is 22.3. The van der Waals surface area contributed by atoms with Gasteiger partial charge in [-0.2, -0.15) is 0 Å². The summed E-state index contributed by atoms with van der Waals surface area (Å²) in [6.45, 7) is 6.25. The van der Waals surface area contributed by atoms with Crippen LogP contribution in [0, 0.1) is 5.92 Å². The first-order valence-corrected chi connectivity index (χ1v) is 13.9. The molecule has 1 aromatic carbocycles. The van der Waals surface area contributed by atoms with Crippen molar-refractivity contribution in [2.45, 2.75) is 70.1 Å². The number of rotatable bonds is 9. The van der Waals surface area contributed by atoms with Gasteiger partial charge in [0.05, 0.1) is 12.7 Å². The second-order valence-corrected chi connectivity index (χ2v) is 10.3. The van der Waals surface area contributed by atoms with Crippen molar-refractivity contribution in [2.75, 3.05) is 46.5 Å². The van der Waals surface area contributed by atoms with Crippen molar-refractivity contribution in [3.63, 3.8) is 0 Å². The van der Waals surface area contributed by atoms with Gasteiger partial charge in [-0.3, -0.25) is 4.79 Å². The molecule has 4 rings (SSSR count). The Morgan fingerprint density at radius 3 is 2.38 bits per heavy atom. The van der Waals surface area contributed by atoms with Crippen molar-refractivity contribution >= 4 is 11.9 Å². The van der Waals surface area contributed by atoms with E-state index in [2.05, 4.69) is 4.90 Å². The molecule has 1 N–H and O–H groups in total. The normalized spacial score (nSPS) is 25.3. The molecule has 0 bridgehead atoms. The standard InChI is InChI=1S/C29H42N2O6/c1-3-36-29-24(8-7-19-32)25(21-9-11-22(12-10-21)28(34)35-2)20-26(37-29)27(33)31-17-13-23(14-18-31)30-15-5-4-6-16-30/h9-12,20,23-25,29,32H,3-8,13-19H2,1-2H3/t24-,25-,29-/m0/s1. The quantitative estimate of drug-likeness (QED) is 0.503. The molecule has 3 aliphatic heterocycles. The minimum absolute atomic E-state index is 0.0718. The number of hydrogen-bond acceptors (Lipinski definition) is 7. The first-order chi connectivity index (χ1) is 18.0. The van der Waals surface area contributed by atoms with Crippen LogP contribution in [0.25, 0.3) is 0 Å². The van der Waals surface area contributed by atoms with Gasteiger partial charge in [-0.05, 0) is 82.3 Å². The molecule has 37 heavy (non-hydrogen) atoms. The van der Waals surface area contributed by atoms with Crippen LogP contribution in [0.15, 0.2) is 36.1 Å². The monoisotopic (exact) mass is 514 g/mol. The maximum Gasteiger partial charge on any atom is 0.337 e. The van der Waals surface area contributed by atoms with Gasteiger partial charge in [0.15, 0.2) is 5.76 Å². The smallest absolute Gasteiger partial charge is 0.337 e. The molecule has 2 fully saturated rings. The Labute approximate surface area is 220 Å². The van der Waals surface area contributed by atoms with Crippen LogP contribution >= 0.6 is 0 Å². The van der Waals surface area contributed by atoms with Crippen molar-refractivity contribution in [1.82, 2.24) is 9.80 Å². The molecule has 0 radical (unpaired) electrons. The van der Waals surface area contributed by atoms with Crippen LogP contribution in [0.4, 0.5) is 0 Å². The van der Waals surface area contributed by atoms with Crippen molar-refractivity contribution in [3.8, 4) is 0 Å². The minimum atomic E-state index is -0.586. The number of aliphatic hydroxyl groups excluding tert-OH is 1. The summed E-state index contributed by atoms with van der Waals surface area (Å²) < 4.78 is 17.0. The molecule has 0 aromatic heterocycles. The SMILES string of the molecule is CCO[C@H]1OC(C(=O)N2CCC(N3CCCCC3)CC2)=C[C@@H](c2ccc(C(=O)OC)cc2)[C@@H]1CCCO. The molecule has 8 heteroatoms. The topological polar surface area (TPSA) is 88.5 Å². The summed E-state index contributed by atoms with van der Waals surface area (Å²) in [5, 5.41) is 9.51. The number of benzene rings is 1. The van der Waals surface area contributed by atoms with Gasteiger partial charge in [-0.15, -0.1) is 0 Å². The van der Waals surface area contributed by atoms with Gasteiger partial charge in [0.25, 0.3) is 5.91 Å². The fraction of sp³-hybridized carbons (Fsp3) is 0.655. The Hall–Kier alpha value is -2.42. The van der Waals surface area contributed by atoms with Gasteiger partial charge in [-0.25, -0.2) is 4.79 Å². The molecular formula is C29H42N2O6. The van der Waals surface area contributed by atoms with Crippen LogP contribution in [-0.4, -0.2) is 85.6 Å². The van der Waals surface area contributed by atoms with Crippen LogP contribution < -0.4 is 0 Å². The summed E-state index contributed by atoms with van der Waals surface area (Å²) in [5.74, 6) is -0.358. The lowest BCUT2D eigenvalue weighted by molar-refractivity contribution is -0.171. The highest BCUT2D eigenvalue weighted by Crippen LogP contribution is 2.40. The van der Waals surface area contributed by atoms with Crippen LogP contribution in [0.3, 0.4) is 0 Å². The molecule has 0 saturated carbocycles. The average molecular weight is 515 g/mol. The third kappa shape index (κ3) is 6.72. The fourth-order valence-electron chi connectivity index (χ4n) is 5.97. The first-order valence-electron chi connectivity index (χ1n) is 13.9. The maximum absolute atomic E-state index is 13.6. The molecule has 8 nitrogen and oxygen atoms in total. The number of carbonyl (C=O) groups excluding carboxylic acids is 2. The summed E-state index contributed by atoms with van der Waals surface area (Å²) in [7, 11) is 1.36. The van der Waals surface area contributed by atoms with E-state index in [4.69, 9.17) is 14.2 Å². The summed E-state index contributed by atoms with van der Waals surface area (Å²) >= 11 is 0. The Bertz CT molecular complexity index is 919. The molecule has 2 saturated heterocycles. The van der Waals surface area contributed by atoms with E-state index < -0.39 is 6.29 Å². The summed E-state index contributed by atoms with van der Waals surface area (Å²) in [6.07, 6.45) is 8.49. The summed E-state index contributed by atoms with van der Waals surface area (Å²) in [4.78, 5) is 30.1. The summed E-state index contributed by atoms with van der Waals surface area (Å²) in [6, 6.07) is 7.86. The third-order valence-electron chi connectivity index (χ3n) is 8.00. The molecule has 3 heterocycles. The highest BCUT2D eigenvalue weighted by Gasteiger charge is 2.39. The highest BCUT2D eigenvalue weighted by atomic mass is 16.7. The van der Waals surface area contributed by atoms with E-state index in [1.807, 2.05) is 30.0 Å². The average Bonchev–Trinajstić information content (AvgIpc) is 2.96. The number of aliphatic hydroxyl groups is 1. The van der Waals surface area contributed by atoms with E-state index in [9.17, 15) is 14.7 Å². The largest absolute Gasteiger partial charge is 0.465 e. The van der Waals surface area contributed by atoms with E-state index in [-0.39, 0.29) is 30.3 Å². The van der Waals surface area contributed by atoms with Crippen molar-refractivity contribution < 1.29 is 28.9 Å². The second kappa shape index (κ2) is 13.4. The van der Waals surface area contributed by atoms with Gasteiger partial charge in [0.2, 0.25) is 6.29 Å².